The summed E-state index contributed by atoms with van der Waals surface area (Å²) in [6, 6.07) is 16.0. The fraction of sp³-hybridized carbons (Fsp3) is 0.100. The molecule has 2 N–H and O–H groups in total. The third-order valence-corrected chi connectivity index (χ3v) is 5.78. The Balaban J connectivity index is 1.57. The van der Waals surface area contributed by atoms with Crippen molar-refractivity contribution in [3.63, 3.8) is 0 Å². The second-order valence-corrected chi connectivity index (χ2v) is 7.68. The van der Waals surface area contributed by atoms with E-state index in [1.807, 2.05) is 24.3 Å². The van der Waals surface area contributed by atoms with Crippen LogP contribution in [0.3, 0.4) is 0 Å². The molecule has 2 heterocycles. The molecule has 4 nitrogen and oxygen atoms in total. The first-order valence-corrected chi connectivity index (χ1v) is 9.96. The summed E-state index contributed by atoms with van der Waals surface area (Å²) >= 11 is 14.0. The van der Waals surface area contributed by atoms with Gasteiger partial charge in [0.15, 0.2) is 0 Å². The largest absolute Gasteiger partial charge is 0.324 e. The topological polar surface area (TPSA) is 49.3 Å². The SMILES string of the molecule is Clc1cnccc1CN=C1NSc2cccc(Cc3ccccc3Cl)c2N1. The Morgan fingerprint density at radius 1 is 0.926 bits per heavy atom. The summed E-state index contributed by atoms with van der Waals surface area (Å²) in [5.74, 6) is 0.701. The monoisotopic (exact) mass is 414 g/mol. The fourth-order valence-corrected chi connectivity index (χ4v) is 3.95. The lowest BCUT2D eigenvalue weighted by Crippen LogP contribution is -2.30. The van der Waals surface area contributed by atoms with Gasteiger partial charge in [0.2, 0.25) is 5.96 Å². The van der Waals surface area contributed by atoms with Gasteiger partial charge in [-0.2, -0.15) is 0 Å². The number of benzene rings is 2. The summed E-state index contributed by atoms with van der Waals surface area (Å²) in [5.41, 5.74) is 4.26. The van der Waals surface area contributed by atoms with Gasteiger partial charge in [-0.15, -0.1) is 0 Å². The molecule has 2 aromatic carbocycles. The van der Waals surface area contributed by atoms with E-state index in [0.717, 1.165) is 33.2 Å². The number of anilines is 1. The zero-order valence-corrected chi connectivity index (χ0v) is 16.6. The molecule has 0 saturated carbocycles. The number of aliphatic imine (C=N–C) groups is 1. The summed E-state index contributed by atoms with van der Waals surface area (Å²) in [6.45, 7) is 0.471. The van der Waals surface area contributed by atoms with Gasteiger partial charge in [-0.1, -0.05) is 53.5 Å². The molecule has 3 aromatic rings. The van der Waals surface area contributed by atoms with E-state index in [1.54, 1.807) is 24.3 Å². The molecule has 4 rings (SSSR count). The minimum Gasteiger partial charge on any atom is -0.324 e. The van der Waals surface area contributed by atoms with Crippen LogP contribution in [0.1, 0.15) is 16.7 Å². The Labute approximate surface area is 172 Å². The summed E-state index contributed by atoms with van der Waals surface area (Å²) in [7, 11) is 0. The van der Waals surface area contributed by atoms with Crippen molar-refractivity contribution in [3.05, 3.63) is 87.7 Å². The third-order valence-electron chi connectivity index (χ3n) is 4.22. The molecular weight excluding hydrogens is 399 g/mol. The first-order chi connectivity index (χ1) is 13.2. The van der Waals surface area contributed by atoms with Gasteiger partial charge >= 0.3 is 0 Å². The lowest BCUT2D eigenvalue weighted by atomic mass is 10.0. The molecule has 1 aliphatic heterocycles. The standard InChI is InChI=1S/C20H16Cl2N4S/c21-16-6-2-1-4-13(16)10-14-5-3-7-18-19(14)25-20(26-27-18)24-11-15-8-9-23-12-17(15)22/h1-9,12H,10-11H2,(H2,24,25,26). The van der Waals surface area contributed by atoms with E-state index in [-0.39, 0.29) is 0 Å². The predicted molar refractivity (Wildman–Crippen MR) is 114 cm³/mol. The van der Waals surface area contributed by atoms with Crippen molar-refractivity contribution in [1.82, 2.24) is 9.71 Å². The minimum atomic E-state index is 0.471. The van der Waals surface area contributed by atoms with Gasteiger partial charge in [0.25, 0.3) is 0 Å². The van der Waals surface area contributed by atoms with Crippen molar-refractivity contribution in [2.24, 2.45) is 4.99 Å². The van der Waals surface area contributed by atoms with E-state index in [4.69, 9.17) is 23.2 Å². The average molecular weight is 415 g/mol. The predicted octanol–water partition coefficient (Wildman–Crippen LogP) is 5.56. The number of pyridine rings is 1. The molecule has 0 bridgehead atoms. The van der Waals surface area contributed by atoms with E-state index in [0.29, 0.717) is 17.5 Å². The van der Waals surface area contributed by atoms with Crippen LogP contribution in [0.15, 0.2) is 70.8 Å². The maximum absolute atomic E-state index is 6.34. The highest BCUT2D eigenvalue weighted by molar-refractivity contribution is 7.98. The van der Waals surface area contributed by atoms with Crippen molar-refractivity contribution in [1.29, 1.82) is 0 Å². The van der Waals surface area contributed by atoms with Gasteiger partial charge in [0, 0.05) is 23.8 Å². The maximum atomic E-state index is 6.34. The molecule has 7 heteroatoms. The van der Waals surface area contributed by atoms with Crippen LogP contribution in [0.2, 0.25) is 10.0 Å². The Morgan fingerprint density at radius 3 is 2.63 bits per heavy atom. The molecule has 0 radical (unpaired) electrons. The van der Waals surface area contributed by atoms with Crippen molar-refractivity contribution in [2.75, 3.05) is 5.32 Å². The van der Waals surface area contributed by atoms with Crippen molar-refractivity contribution < 1.29 is 0 Å². The molecule has 0 aliphatic carbocycles. The van der Waals surface area contributed by atoms with Gasteiger partial charge < -0.3 is 5.32 Å². The highest BCUT2D eigenvalue weighted by atomic mass is 35.5. The van der Waals surface area contributed by atoms with Gasteiger partial charge in [-0.05, 0) is 46.8 Å². The van der Waals surface area contributed by atoms with Crippen LogP contribution in [0.25, 0.3) is 0 Å². The number of guanidine groups is 1. The van der Waals surface area contributed by atoms with E-state index >= 15 is 0 Å². The van der Waals surface area contributed by atoms with Gasteiger partial charge in [-0.3, -0.25) is 9.71 Å². The molecule has 0 atom stereocenters. The van der Waals surface area contributed by atoms with Crippen LogP contribution in [0.5, 0.6) is 0 Å². The lowest BCUT2D eigenvalue weighted by molar-refractivity contribution is 1.04. The Morgan fingerprint density at radius 2 is 1.78 bits per heavy atom. The first kappa shape index (κ1) is 18.2. The molecule has 27 heavy (non-hydrogen) atoms. The van der Waals surface area contributed by atoms with Crippen LogP contribution < -0.4 is 10.0 Å². The molecule has 0 spiro atoms. The number of rotatable bonds is 4. The van der Waals surface area contributed by atoms with Gasteiger partial charge in [0.05, 0.1) is 22.2 Å². The van der Waals surface area contributed by atoms with E-state index in [2.05, 4.69) is 44.3 Å². The van der Waals surface area contributed by atoms with Crippen LogP contribution in [0, 0.1) is 0 Å². The second-order valence-electron chi connectivity index (χ2n) is 6.02. The quantitative estimate of drug-likeness (QED) is 0.548. The number of halogens is 2. The number of para-hydroxylation sites is 1. The molecule has 0 unspecified atom stereocenters. The smallest absolute Gasteiger partial charge is 0.206 e. The van der Waals surface area contributed by atoms with Gasteiger partial charge in [0.1, 0.15) is 0 Å². The number of hydrogen-bond acceptors (Lipinski definition) is 3. The summed E-state index contributed by atoms with van der Waals surface area (Å²) in [6.07, 6.45) is 4.10. The minimum absolute atomic E-state index is 0.471. The lowest BCUT2D eigenvalue weighted by Gasteiger charge is -2.23. The Hall–Kier alpha value is -2.21. The van der Waals surface area contributed by atoms with Gasteiger partial charge in [-0.25, -0.2) is 4.99 Å². The zero-order chi connectivity index (χ0) is 18.6. The number of fused-ring (bicyclic) bond motifs is 1. The van der Waals surface area contributed by atoms with Crippen LogP contribution >= 0.6 is 35.1 Å². The molecule has 136 valence electrons. The Kier molecular flexibility index (Phi) is 5.53. The van der Waals surface area contributed by atoms with Crippen LogP contribution in [0.4, 0.5) is 5.69 Å². The van der Waals surface area contributed by atoms with E-state index in [9.17, 15) is 0 Å². The van der Waals surface area contributed by atoms with Crippen LogP contribution in [-0.4, -0.2) is 10.9 Å². The fourth-order valence-electron chi connectivity index (χ4n) is 2.81. The van der Waals surface area contributed by atoms with Crippen molar-refractivity contribution >= 4 is 46.8 Å². The normalized spacial score (nSPS) is 14.4. The van der Waals surface area contributed by atoms with E-state index < -0.39 is 0 Å². The average Bonchev–Trinajstić information content (AvgIpc) is 2.69. The summed E-state index contributed by atoms with van der Waals surface area (Å²) < 4.78 is 3.24. The van der Waals surface area contributed by atoms with Crippen molar-refractivity contribution in [2.45, 2.75) is 17.9 Å². The summed E-state index contributed by atoms with van der Waals surface area (Å²) in [4.78, 5) is 9.74. The molecule has 0 saturated heterocycles. The zero-order valence-electron chi connectivity index (χ0n) is 14.2. The number of hydrogen-bond donors (Lipinski definition) is 2. The molecule has 0 fully saturated rings. The first-order valence-electron chi connectivity index (χ1n) is 8.39. The molecule has 0 amide bonds. The molecule has 1 aromatic heterocycles. The van der Waals surface area contributed by atoms with E-state index in [1.165, 1.54) is 5.56 Å². The van der Waals surface area contributed by atoms with Crippen molar-refractivity contribution in [3.8, 4) is 0 Å². The van der Waals surface area contributed by atoms with Crippen LogP contribution in [-0.2, 0) is 13.0 Å². The number of nitrogens with one attached hydrogen (secondary N) is 2. The molecule has 1 aliphatic rings. The number of nitrogens with zero attached hydrogens (tertiary/aromatic N) is 2. The maximum Gasteiger partial charge on any atom is 0.206 e. The second kappa shape index (κ2) is 8.21. The Bertz CT molecular complexity index is 1010. The molecular formula is C20H16Cl2N4S. The highest BCUT2D eigenvalue weighted by Crippen LogP contribution is 2.34. The summed E-state index contributed by atoms with van der Waals surface area (Å²) in [5, 5.41) is 4.80. The highest BCUT2D eigenvalue weighted by Gasteiger charge is 2.17. The third kappa shape index (κ3) is 4.21. The number of aromatic nitrogens is 1.